The van der Waals surface area contributed by atoms with Gasteiger partial charge >= 0.3 is 5.97 Å². The first-order chi connectivity index (χ1) is 14.5. The molecule has 178 valence electrons. The molecule has 4 saturated carbocycles. The normalized spacial score (nSPS) is 52.6. The summed E-state index contributed by atoms with van der Waals surface area (Å²) in [6.45, 7) is 9.05. The Bertz CT molecular complexity index is 687. The van der Waals surface area contributed by atoms with E-state index in [9.17, 15) is 20.1 Å². The molecule has 0 aromatic carbocycles. The van der Waals surface area contributed by atoms with E-state index in [0.29, 0.717) is 36.5 Å². The number of halogens is 1. The molecule has 12 atom stereocenters. The zero-order valence-electron chi connectivity index (χ0n) is 19.5. The molecular formula is C25H41ClO5. The number of hydrogen-bond donors (Lipinski definition) is 3. The lowest BCUT2D eigenvalue weighted by Gasteiger charge is -2.65. The van der Waals surface area contributed by atoms with Gasteiger partial charge in [0.05, 0.1) is 18.3 Å². The Morgan fingerprint density at radius 1 is 1.06 bits per heavy atom. The molecule has 31 heavy (non-hydrogen) atoms. The van der Waals surface area contributed by atoms with Crippen molar-refractivity contribution >= 4 is 17.8 Å². The van der Waals surface area contributed by atoms with E-state index in [-0.39, 0.29) is 40.8 Å². The average Bonchev–Trinajstić information content (AvgIpc) is 3.07. The second kappa shape index (κ2) is 8.45. The molecule has 0 aromatic rings. The van der Waals surface area contributed by atoms with E-state index >= 15 is 0 Å². The minimum Gasteiger partial charge on any atom is -0.393 e. The molecule has 6 heteroatoms. The second-order valence-corrected chi connectivity index (χ2v) is 12.1. The molecule has 0 radical (unpaired) electrons. The molecule has 1 unspecified atom stereocenters. The topological polar surface area (TPSA) is 87.0 Å². The summed E-state index contributed by atoms with van der Waals surface area (Å²) in [6.07, 6.45) is 5.11. The fraction of sp³-hybridized carbons (Fsp3) is 0.960. The Morgan fingerprint density at radius 3 is 2.45 bits per heavy atom. The van der Waals surface area contributed by atoms with Gasteiger partial charge in [0.1, 0.15) is 11.9 Å². The molecule has 0 saturated heterocycles. The maximum Gasteiger partial charge on any atom is 0.324 e. The van der Waals surface area contributed by atoms with Gasteiger partial charge in [-0.15, -0.1) is 0 Å². The second-order valence-electron chi connectivity index (χ2n) is 11.9. The van der Waals surface area contributed by atoms with Crippen LogP contribution in [0.25, 0.3) is 0 Å². The van der Waals surface area contributed by atoms with Gasteiger partial charge in [-0.2, -0.15) is 0 Å². The Hall–Kier alpha value is -0.360. The van der Waals surface area contributed by atoms with Gasteiger partial charge in [-0.05, 0) is 97.2 Å². The third kappa shape index (κ3) is 3.57. The smallest absolute Gasteiger partial charge is 0.324 e. The van der Waals surface area contributed by atoms with Crippen LogP contribution in [0, 0.1) is 52.3 Å². The molecule has 0 heterocycles. The Labute approximate surface area is 192 Å². The molecule has 0 amide bonds. The summed E-state index contributed by atoms with van der Waals surface area (Å²) in [6, 6.07) is 0. The van der Waals surface area contributed by atoms with Crippen molar-refractivity contribution in [3.8, 4) is 0 Å². The van der Waals surface area contributed by atoms with E-state index in [2.05, 4.69) is 32.0 Å². The number of carbonyl (C=O) groups excluding carboxylic acids is 1. The van der Waals surface area contributed by atoms with Crippen molar-refractivity contribution in [1.82, 2.24) is 0 Å². The van der Waals surface area contributed by atoms with Gasteiger partial charge < -0.3 is 19.6 Å². The number of fused-ring (bicyclic) bond motifs is 5. The van der Waals surface area contributed by atoms with Crippen LogP contribution < -0.4 is 0 Å². The van der Waals surface area contributed by atoms with Crippen molar-refractivity contribution in [2.24, 2.45) is 52.3 Å². The molecule has 4 aliphatic carbocycles. The van der Waals surface area contributed by atoms with Crippen molar-refractivity contribution in [3.63, 3.8) is 0 Å². The summed E-state index contributed by atoms with van der Waals surface area (Å²) >= 11 is 5.21. The lowest BCUT2D eigenvalue weighted by molar-refractivity contribution is -0.220. The van der Waals surface area contributed by atoms with E-state index in [4.69, 9.17) is 11.9 Å². The highest BCUT2D eigenvalue weighted by Crippen LogP contribution is 2.69. The highest BCUT2D eigenvalue weighted by Gasteiger charge is 2.66. The Kier molecular flexibility index (Phi) is 6.48. The standard InChI is InChI=1S/C25H41ClO5/c1-13(5-8-22(30)31-26)17-6-7-18-23-19(12-21(29)25(17,18)4)24(3)14(2)9-16(27)10-15(24)11-20(23)28/h13-21,23,27-29H,5-12H2,1-4H3/t13-,14?,15+,16-,17-,18+,19+,20-,21+,23+,24+,25-/m1/s1. The number of aliphatic hydroxyl groups is 3. The fourth-order valence-electron chi connectivity index (χ4n) is 9.19. The number of carbonyl (C=O) groups is 1. The highest BCUT2D eigenvalue weighted by molar-refractivity contribution is 6.13. The first kappa shape index (κ1) is 23.8. The Balaban J connectivity index is 1.60. The van der Waals surface area contributed by atoms with Crippen LogP contribution in [0.3, 0.4) is 0 Å². The number of rotatable bonds is 4. The maximum absolute atomic E-state index is 11.6. The van der Waals surface area contributed by atoms with Crippen molar-refractivity contribution in [2.75, 3.05) is 0 Å². The van der Waals surface area contributed by atoms with Gasteiger partial charge in [0, 0.05) is 6.42 Å². The van der Waals surface area contributed by atoms with Crippen LogP contribution in [-0.2, 0) is 9.08 Å². The number of aliphatic hydroxyl groups excluding tert-OH is 3. The first-order valence-electron chi connectivity index (χ1n) is 12.4. The first-order valence-corrected chi connectivity index (χ1v) is 12.7. The summed E-state index contributed by atoms with van der Waals surface area (Å²) in [4.78, 5) is 11.6. The van der Waals surface area contributed by atoms with Gasteiger partial charge in [0.2, 0.25) is 0 Å². The molecule has 3 N–H and O–H groups in total. The van der Waals surface area contributed by atoms with Crippen LogP contribution in [0.5, 0.6) is 0 Å². The molecule has 4 rings (SSSR count). The monoisotopic (exact) mass is 456 g/mol. The maximum atomic E-state index is 11.6. The van der Waals surface area contributed by atoms with Gasteiger partial charge in [-0.25, -0.2) is 0 Å². The van der Waals surface area contributed by atoms with Gasteiger partial charge in [-0.1, -0.05) is 27.7 Å². The van der Waals surface area contributed by atoms with Crippen LogP contribution in [0.1, 0.15) is 79.1 Å². The summed E-state index contributed by atoms with van der Waals surface area (Å²) in [7, 11) is 0. The lowest BCUT2D eigenvalue weighted by atomic mass is 9.41. The van der Waals surface area contributed by atoms with Gasteiger partial charge in [0.25, 0.3) is 0 Å². The zero-order valence-corrected chi connectivity index (χ0v) is 20.2. The van der Waals surface area contributed by atoms with E-state index < -0.39 is 12.1 Å². The molecule has 0 aliphatic heterocycles. The minimum atomic E-state index is -0.407. The lowest BCUT2D eigenvalue weighted by Crippen LogP contribution is -2.64. The quantitative estimate of drug-likeness (QED) is 0.586. The van der Waals surface area contributed by atoms with E-state index in [1.165, 1.54) is 0 Å². The third-order valence-corrected chi connectivity index (χ3v) is 11.2. The predicted octanol–water partition coefficient (Wildman–Crippen LogP) is 4.31. The van der Waals surface area contributed by atoms with Crippen LogP contribution >= 0.6 is 11.9 Å². The van der Waals surface area contributed by atoms with Gasteiger partial charge in [0.15, 0.2) is 0 Å². The average molecular weight is 457 g/mol. The summed E-state index contributed by atoms with van der Waals surface area (Å²) in [5.41, 5.74) is -0.188. The van der Waals surface area contributed by atoms with Crippen molar-refractivity contribution in [1.29, 1.82) is 0 Å². The fourth-order valence-corrected chi connectivity index (χ4v) is 9.26. The third-order valence-electron chi connectivity index (χ3n) is 11.0. The van der Waals surface area contributed by atoms with Crippen molar-refractivity contribution in [2.45, 2.75) is 97.4 Å². The van der Waals surface area contributed by atoms with Crippen molar-refractivity contribution in [3.05, 3.63) is 0 Å². The molecule has 4 fully saturated rings. The van der Waals surface area contributed by atoms with Crippen LogP contribution in [-0.4, -0.2) is 39.6 Å². The van der Waals surface area contributed by atoms with Gasteiger partial charge in [-0.3, -0.25) is 4.79 Å². The largest absolute Gasteiger partial charge is 0.393 e. The van der Waals surface area contributed by atoms with E-state index in [1.54, 1.807) is 0 Å². The minimum absolute atomic E-state index is 0.0548. The van der Waals surface area contributed by atoms with E-state index in [1.807, 2.05) is 0 Å². The predicted molar refractivity (Wildman–Crippen MR) is 119 cm³/mol. The number of hydrogen-bond acceptors (Lipinski definition) is 5. The SMILES string of the molecule is CC1C[C@@H](O)C[C@H]2C[C@@H](O)[C@@H]3[C@H](C[C@H](O)[C@]4(C)[C@@H]([C@H](C)CCC(=O)OCl)CC[C@@H]34)[C@@]12C. The van der Waals surface area contributed by atoms with Crippen LogP contribution in [0.15, 0.2) is 0 Å². The molecular weight excluding hydrogens is 416 g/mol. The summed E-state index contributed by atoms with van der Waals surface area (Å²) in [5.74, 6) is 1.69. The van der Waals surface area contributed by atoms with Crippen LogP contribution in [0.4, 0.5) is 0 Å². The van der Waals surface area contributed by atoms with Crippen LogP contribution in [0.2, 0.25) is 0 Å². The molecule has 0 spiro atoms. The molecule has 0 aromatic heterocycles. The van der Waals surface area contributed by atoms with E-state index in [0.717, 1.165) is 38.5 Å². The summed E-state index contributed by atoms with van der Waals surface area (Å²) < 4.78 is 4.31. The molecule has 5 nitrogen and oxygen atoms in total. The Morgan fingerprint density at radius 2 is 1.77 bits per heavy atom. The highest BCUT2D eigenvalue weighted by atomic mass is 35.5. The zero-order chi connectivity index (χ0) is 22.7. The molecule has 0 bridgehead atoms. The molecule has 4 aliphatic rings. The van der Waals surface area contributed by atoms with Crippen molar-refractivity contribution < 1.29 is 24.4 Å². The summed E-state index contributed by atoms with van der Waals surface area (Å²) in [5, 5.41) is 33.4.